The molecule has 4 unspecified atom stereocenters. The van der Waals surface area contributed by atoms with E-state index in [1.165, 1.54) is 24.8 Å². The lowest BCUT2D eigenvalue weighted by Crippen LogP contribution is -2.55. The first-order valence-electron chi connectivity index (χ1n) is 20.2. The van der Waals surface area contributed by atoms with E-state index in [1.807, 2.05) is 11.8 Å². The maximum absolute atomic E-state index is 13.2. The number of unbranched alkanes of at least 4 members (excludes halogenated alkanes) is 2. The Hall–Kier alpha value is -2.77. The molecule has 3 aliphatic heterocycles. The van der Waals surface area contributed by atoms with Gasteiger partial charge in [-0.2, -0.15) is 0 Å². The molecule has 1 amide bonds. The van der Waals surface area contributed by atoms with Crippen molar-refractivity contribution in [1.29, 1.82) is 10.8 Å². The highest BCUT2D eigenvalue weighted by atomic mass is 16.2. The second-order valence-electron chi connectivity index (χ2n) is 16.4. The van der Waals surface area contributed by atoms with E-state index in [0.29, 0.717) is 42.1 Å². The molecule has 4 atom stereocenters. The van der Waals surface area contributed by atoms with Crippen molar-refractivity contribution in [2.75, 3.05) is 66.0 Å². The van der Waals surface area contributed by atoms with Crippen molar-refractivity contribution in [1.82, 2.24) is 29.8 Å². The van der Waals surface area contributed by atoms with Gasteiger partial charge in [0.25, 0.3) is 0 Å². The molecule has 4 aliphatic rings. The molecule has 1 aromatic rings. The summed E-state index contributed by atoms with van der Waals surface area (Å²) in [5.74, 6) is 4.39. The first kappa shape index (κ1) is 39.4. The number of carbonyl (C=O) groups excluding carboxylic acids is 1. The Morgan fingerprint density at radius 1 is 1.00 bits per heavy atom. The van der Waals surface area contributed by atoms with Gasteiger partial charge in [0.1, 0.15) is 5.84 Å². The maximum Gasteiger partial charge on any atom is 0.223 e. The molecule has 9 heteroatoms. The highest BCUT2D eigenvalue weighted by molar-refractivity contribution is 5.98. The van der Waals surface area contributed by atoms with E-state index in [0.717, 1.165) is 110 Å². The Balaban J connectivity index is 1.03. The molecular weight excluding hydrogens is 633 g/mol. The normalized spacial score (nSPS) is 24.2. The van der Waals surface area contributed by atoms with Gasteiger partial charge in [0, 0.05) is 95.3 Å². The maximum atomic E-state index is 13.2. The number of carbonyl (C=O) groups is 1. The number of benzene rings is 1. The average molecular weight is 701 g/mol. The van der Waals surface area contributed by atoms with E-state index in [1.54, 1.807) is 0 Å². The van der Waals surface area contributed by atoms with Crippen molar-refractivity contribution in [3.05, 3.63) is 35.9 Å². The Morgan fingerprint density at radius 3 is 2.29 bits per heavy atom. The third kappa shape index (κ3) is 10.4. The Labute approximate surface area is 309 Å². The fourth-order valence-electron chi connectivity index (χ4n) is 9.70. The molecule has 0 bridgehead atoms. The average Bonchev–Trinajstić information content (AvgIpc) is 3.46. The summed E-state index contributed by atoms with van der Waals surface area (Å²) >= 11 is 0. The molecule has 1 saturated carbocycles. The van der Waals surface area contributed by atoms with Crippen molar-refractivity contribution in [3.8, 4) is 12.3 Å². The molecule has 1 aliphatic carbocycles. The fraction of sp³-hybridized carbons (Fsp3) is 0.738. The number of terminal acetylenes is 1. The van der Waals surface area contributed by atoms with Crippen molar-refractivity contribution >= 4 is 17.6 Å². The zero-order valence-corrected chi connectivity index (χ0v) is 32.3. The lowest BCUT2D eigenvalue weighted by Gasteiger charge is -2.53. The van der Waals surface area contributed by atoms with E-state index in [4.69, 9.17) is 11.8 Å². The van der Waals surface area contributed by atoms with Gasteiger partial charge in [-0.25, -0.2) is 0 Å². The smallest absolute Gasteiger partial charge is 0.223 e. The number of hydrogen-bond acceptors (Lipinski definition) is 7. The minimum atomic E-state index is 0.125. The van der Waals surface area contributed by atoms with Gasteiger partial charge in [0.05, 0.1) is 5.84 Å². The van der Waals surface area contributed by atoms with Gasteiger partial charge in [0.15, 0.2) is 0 Å². The summed E-state index contributed by atoms with van der Waals surface area (Å²) < 4.78 is 0. The summed E-state index contributed by atoms with van der Waals surface area (Å²) in [5.41, 5.74) is 1.60. The van der Waals surface area contributed by atoms with Crippen molar-refractivity contribution < 1.29 is 4.79 Å². The van der Waals surface area contributed by atoms with Crippen LogP contribution < -0.4 is 5.32 Å². The van der Waals surface area contributed by atoms with Crippen LogP contribution in [0.3, 0.4) is 0 Å². The number of amidine groups is 2. The lowest BCUT2D eigenvalue weighted by molar-refractivity contribution is -0.135. The Kier molecular flexibility index (Phi) is 14.6. The Bertz CT molecular complexity index is 1300. The van der Waals surface area contributed by atoms with Gasteiger partial charge in [-0.1, -0.05) is 30.3 Å². The van der Waals surface area contributed by atoms with Gasteiger partial charge in [0.2, 0.25) is 5.91 Å². The minimum absolute atomic E-state index is 0.125. The molecular formula is C42H68N8O. The third-order valence-corrected chi connectivity index (χ3v) is 12.9. The monoisotopic (exact) mass is 701 g/mol. The number of piperidine rings is 1. The second-order valence-corrected chi connectivity index (χ2v) is 16.4. The number of amides is 1. The number of nitrogens with one attached hydrogen (secondary N) is 3. The van der Waals surface area contributed by atoms with Crippen LogP contribution in [-0.2, 0) is 4.79 Å². The first-order chi connectivity index (χ1) is 24.6. The van der Waals surface area contributed by atoms with Crippen LogP contribution in [-0.4, -0.2) is 126 Å². The van der Waals surface area contributed by atoms with Gasteiger partial charge < -0.3 is 24.9 Å². The number of piperazine rings is 1. The predicted octanol–water partition coefficient (Wildman–Crippen LogP) is 6.08. The standard InChI is InChI=1S/C42H68N8O/c1-6-7-8-12-21-46-26-28-47(29-27-46)22-18-40(51)48-24-19-42(20-25-48)31-37(32-42)41(44)50(35(4)43)34(3)30-38-16-15-33(2)49(38)23-17-39(45-5)36-13-10-9-11-14-36/h1,9-11,13-14,33-34,37-39,43-45H,7-8,12,15-32H2,2-5H3. The minimum Gasteiger partial charge on any atom is -0.343 e. The molecule has 4 fully saturated rings. The van der Waals surface area contributed by atoms with Crippen LogP contribution in [0.15, 0.2) is 30.3 Å². The molecule has 5 rings (SSSR count). The molecule has 0 aromatic heterocycles. The van der Waals surface area contributed by atoms with E-state index >= 15 is 0 Å². The van der Waals surface area contributed by atoms with Gasteiger partial charge in [-0.05, 0) is 110 Å². The zero-order valence-electron chi connectivity index (χ0n) is 32.3. The van der Waals surface area contributed by atoms with Crippen LogP contribution in [0.5, 0.6) is 0 Å². The zero-order chi connectivity index (χ0) is 36.4. The van der Waals surface area contributed by atoms with Crippen LogP contribution in [0.2, 0.25) is 0 Å². The molecule has 9 nitrogen and oxygen atoms in total. The van der Waals surface area contributed by atoms with E-state index < -0.39 is 0 Å². The summed E-state index contributed by atoms with van der Waals surface area (Å²) in [6, 6.07) is 12.3. The van der Waals surface area contributed by atoms with Crippen molar-refractivity contribution in [2.45, 2.75) is 122 Å². The van der Waals surface area contributed by atoms with E-state index in [-0.39, 0.29) is 17.4 Å². The summed E-state index contributed by atoms with van der Waals surface area (Å²) in [6.45, 7) is 15.5. The molecule has 1 spiro atoms. The lowest BCUT2D eigenvalue weighted by atomic mass is 9.57. The SMILES string of the molecule is C#CCCCCN1CCN(CCC(=O)N2CCC3(CC2)CC(C(=N)N(C(C)=N)C(C)CC2CCC(C)N2CCC(NC)c2ccccc2)C3)CC1. The highest BCUT2D eigenvalue weighted by Gasteiger charge is 2.49. The van der Waals surface area contributed by atoms with E-state index in [2.05, 4.69) is 82.1 Å². The van der Waals surface area contributed by atoms with Crippen LogP contribution in [0.25, 0.3) is 0 Å². The molecule has 0 radical (unpaired) electrons. The van der Waals surface area contributed by atoms with Crippen LogP contribution >= 0.6 is 0 Å². The van der Waals surface area contributed by atoms with Gasteiger partial charge >= 0.3 is 0 Å². The summed E-state index contributed by atoms with van der Waals surface area (Å²) in [7, 11) is 2.06. The summed E-state index contributed by atoms with van der Waals surface area (Å²) in [5, 5.41) is 21.5. The van der Waals surface area contributed by atoms with Crippen LogP contribution in [0.1, 0.15) is 109 Å². The topological polar surface area (TPSA) is 93.0 Å². The number of nitrogens with zero attached hydrogens (tertiary/aromatic N) is 5. The molecule has 282 valence electrons. The largest absolute Gasteiger partial charge is 0.343 e. The van der Waals surface area contributed by atoms with Crippen LogP contribution in [0, 0.1) is 34.5 Å². The van der Waals surface area contributed by atoms with Crippen molar-refractivity contribution in [3.63, 3.8) is 0 Å². The number of hydrogen-bond donors (Lipinski definition) is 3. The molecule has 3 saturated heterocycles. The predicted molar refractivity (Wildman–Crippen MR) is 210 cm³/mol. The molecule has 3 heterocycles. The summed E-state index contributed by atoms with van der Waals surface area (Å²) in [6.07, 6.45) is 17.7. The Morgan fingerprint density at radius 2 is 1.67 bits per heavy atom. The van der Waals surface area contributed by atoms with Gasteiger partial charge in [-0.3, -0.25) is 20.5 Å². The third-order valence-electron chi connectivity index (χ3n) is 12.9. The molecule has 3 N–H and O–H groups in total. The molecule has 1 aromatic carbocycles. The summed E-state index contributed by atoms with van der Waals surface area (Å²) in [4.78, 5) is 25.0. The number of likely N-dealkylation sites (tertiary alicyclic amines) is 2. The number of rotatable bonds is 16. The van der Waals surface area contributed by atoms with E-state index in [9.17, 15) is 10.2 Å². The second kappa shape index (κ2) is 18.8. The molecule has 51 heavy (non-hydrogen) atoms. The fourth-order valence-corrected chi connectivity index (χ4v) is 9.70. The highest BCUT2D eigenvalue weighted by Crippen LogP contribution is 2.53. The quantitative estimate of drug-likeness (QED) is 0.0839. The first-order valence-corrected chi connectivity index (χ1v) is 20.2. The van der Waals surface area contributed by atoms with Gasteiger partial charge in [-0.15, -0.1) is 12.3 Å². The van der Waals surface area contributed by atoms with Crippen LogP contribution in [0.4, 0.5) is 0 Å². The van der Waals surface area contributed by atoms with Crippen molar-refractivity contribution in [2.24, 2.45) is 11.3 Å².